The molecule has 2 aromatic carbocycles. The molecule has 6 nitrogen and oxygen atoms in total. The van der Waals surface area contributed by atoms with Crippen molar-refractivity contribution in [3.8, 4) is 11.5 Å². The first-order chi connectivity index (χ1) is 13.2. The number of amides is 1. The number of aryl methyl sites for hydroxylation is 1. The number of carbonyl (C=O) groups is 1. The minimum Gasteiger partial charge on any atom is -0.493 e. The Morgan fingerprint density at radius 1 is 1.11 bits per heavy atom. The average molecular weight is 370 g/mol. The van der Waals surface area contributed by atoms with Crippen LogP contribution in [0.5, 0.6) is 11.5 Å². The highest BCUT2D eigenvalue weighted by Gasteiger charge is 2.11. The first kappa shape index (κ1) is 19.0. The van der Waals surface area contributed by atoms with Gasteiger partial charge in [-0.1, -0.05) is 18.2 Å². The molecule has 0 unspecified atom stereocenters. The lowest BCUT2D eigenvalue weighted by atomic mass is 10.2. The highest BCUT2D eigenvalue weighted by atomic mass is 16.5. The molecule has 6 heteroatoms. The van der Waals surface area contributed by atoms with E-state index in [9.17, 15) is 4.79 Å². The minimum absolute atomic E-state index is 0.0503. The Hall–Kier alpha value is -2.73. The number of benzene rings is 2. The summed E-state index contributed by atoms with van der Waals surface area (Å²) < 4.78 is 16.2. The fraction of sp³-hybridized carbons (Fsp3) is 0.381. The Bertz CT molecular complexity index is 755. The van der Waals surface area contributed by atoms with Gasteiger partial charge in [-0.15, -0.1) is 0 Å². The predicted molar refractivity (Wildman–Crippen MR) is 105 cm³/mol. The van der Waals surface area contributed by atoms with Crippen LogP contribution >= 0.6 is 0 Å². The lowest BCUT2D eigenvalue weighted by Gasteiger charge is -2.28. The van der Waals surface area contributed by atoms with Gasteiger partial charge in [-0.25, -0.2) is 0 Å². The first-order valence-corrected chi connectivity index (χ1v) is 9.11. The largest absolute Gasteiger partial charge is 0.493 e. The number of rotatable bonds is 7. The van der Waals surface area contributed by atoms with Crippen LogP contribution in [0.15, 0.2) is 42.5 Å². The van der Waals surface area contributed by atoms with Crippen molar-refractivity contribution in [1.82, 2.24) is 5.32 Å². The highest BCUT2D eigenvalue weighted by Crippen LogP contribution is 2.27. The van der Waals surface area contributed by atoms with Crippen LogP contribution in [0.4, 0.5) is 5.69 Å². The summed E-state index contributed by atoms with van der Waals surface area (Å²) in [6.07, 6.45) is 0. The van der Waals surface area contributed by atoms with Gasteiger partial charge >= 0.3 is 0 Å². The van der Waals surface area contributed by atoms with Crippen LogP contribution in [0.3, 0.4) is 0 Å². The van der Waals surface area contributed by atoms with Gasteiger partial charge in [0.1, 0.15) is 0 Å². The van der Waals surface area contributed by atoms with Crippen molar-refractivity contribution in [2.45, 2.75) is 13.5 Å². The topological polar surface area (TPSA) is 60.0 Å². The number of hydrogen-bond acceptors (Lipinski definition) is 5. The number of nitrogens with zero attached hydrogens (tertiary/aromatic N) is 1. The highest BCUT2D eigenvalue weighted by molar-refractivity contribution is 5.77. The number of hydrogen-bond donors (Lipinski definition) is 1. The van der Waals surface area contributed by atoms with Crippen molar-refractivity contribution in [3.05, 3.63) is 53.6 Å². The molecule has 0 aliphatic carbocycles. The van der Waals surface area contributed by atoms with E-state index in [0.717, 1.165) is 37.4 Å². The molecule has 1 N–H and O–H groups in total. The van der Waals surface area contributed by atoms with E-state index in [1.807, 2.05) is 37.3 Å². The molecule has 2 aromatic rings. The third-order valence-corrected chi connectivity index (χ3v) is 4.48. The summed E-state index contributed by atoms with van der Waals surface area (Å²) in [7, 11) is 1.59. The molecule has 3 rings (SSSR count). The maximum absolute atomic E-state index is 12.1. The van der Waals surface area contributed by atoms with Crippen LogP contribution in [0.25, 0.3) is 0 Å². The van der Waals surface area contributed by atoms with Gasteiger partial charge in [-0.05, 0) is 42.3 Å². The lowest BCUT2D eigenvalue weighted by molar-refractivity contribution is -0.123. The van der Waals surface area contributed by atoms with E-state index in [0.29, 0.717) is 18.0 Å². The van der Waals surface area contributed by atoms with Crippen LogP contribution in [-0.2, 0) is 16.1 Å². The lowest BCUT2D eigenvalue weighted by Crippen LogP contribution is -2.36. The summed E-state index contributed by atoms with van der Waals surface area (Å²) in [5.74, 6) is 1.02. The van der Waals surface area contributed by atoms with E-state index >= 15 is 0 Å². The molecule has 1 aliphatic rings. The summed E-state index contributed by atoms with van der Waals surface area (Å²) >= 11 is 0. The third kappa shape index (κ3) is 5.37. The number of morpholine rings is 1. The Balaban J connectivity index is 1.46. The monoisotopic (exact) mass is 370 g/mol. The molecule has 27 heavy (non-hydrogen) atoms. The second-order valence-electron chi connectivity index (χ2n) is 6.49. The van der Waals surface area contributed by atoms with E-state index in [4.69, 9.17) is 14.2 Å². The SMILES string of the molecule is COc1cc(C)ccc1OCC(=O)NCc1ccc(N2CCOCC2)cc1. The molecule has 1 aliphatic heterocycles. The molecule has 0 atom stereocenters. The van der Waals surface area contributed by atoms with Crippen molar-refractivity contribution in [2.24, 2.45) is 0 Å². The summed E-state index contributed by atoms with van der Waals surface area (Å²) in [6.45, 7) is 5.75. The maximum Gasteiger partial charge on any atom is 0.258 e. The fourth-order valence-corrected chi connectivity index (χ4v) is 2.94. The van der Waals surface area contributed by atoms with Crippen LogP contribution in [0.1, 0.15) is 11.1 Å². The molecule has 1 fully saturated rings. The van der Waals surface area contributed by atoms with E-state index < -0.39 is 0 Å². The van der Waals surface area contributed by atoms with E-state index in [-0.39, 0.29) is 12.5 Å². The predicted octanol–water partition coefficient (Wildman–Crippen LogP) is 2.54. The molecule has 0 spiro atoms. The van der Waals surface area contributed by atoms with Gasteiger partial charge in [0.15, 0.2) is 18.1 Å². The average Bonchev–Trinajstić information content (AvgIpc) is 2.72. The molecule has 0 saturated carbocycles. The van der Waals surface area contributed by atoms with Gasteiger partial charge in [-0.3, -0.25) is 4.79 Å². The summed E-state index contributed by atoms with van der Waals surface area (Å²) in [6, 6.07) is 13.9. The Kier molecular flexibility index (Phi) is 6.54. The molecular formula is C21H26N2O4. The number of nitrogens with one attached hydrogen (secondary N) is 1. The zero-order valence-corrected chi connectivity index (χ0v) is 15.9. The number of carbonyl (C=O) groups excluding carboxylic acids is 1. The second-order valence-corrected chi connectivity index (χ2v) is 6.49. The van der Waals surface area contributed by atoms with Crippen molar-refractivity contribution < 1.29 is 19.0 Å². The Morgan fingerprint density at radius 3 is 2.56 bits per heavy atom. The zero-order valence-electron chi connectivity index (χ0n) is 15.9. The standard InChI is InChI=1S/C21H26N2O4/c1-16-3-8-19(20(13-16)25-2)27-15-21(24)22-14-17-4-6-18(7-5-17)23-9-11-26-12-10-23/h3-8,13H,9-12,14-15H2,1-2H3,(H,22,24). The maximum atomic E-state index is 12.1. The zero-order chi connectivity index (χ0) is 19.1. The molecule has 0 bridgehead atoms. The Labute approximate surface area is 160 Å². The van der Waals surface area contributed by atoms with Gasteiger partial charge in [0.2, 0.25) is 0 Å². The third-order valence-electron chi connectivity index (χ3n) is 4.48. The van der Waals surface area contributed by atoms with Crippen molar-refractivity contribution >= 4 is 11.6 Å². The van der Waals surface area contributed by atoms with Gasteiger partial charge in [0.05, 0.1) is 20.3 Å². The van der Waals surface area contributed by atoms with Crippen LogP contribution in [0, 0.1) is 6.92 Å². The smallest absolute Gasteiger partial charge is 0.258 e. The quantitative estimate of drug-likeness (QED) is 0.812. The Morgan fingerprint density at radius 2 is 1.85 bits per heavy atom. The number of methoxy groups -OCH3 is 1. The van der Waals surface area contributed by atoms with Gasteiger partial charge in [-0.2, -0.15) is 0 Å². The van der Waals surface area contributed by atoms with Crippen LogP contribution < -0.4 is 19.7 Å². The van der Waals surface area contributed by atoms with E-state index in [1.165, 1.54) is 5.69 Å². The van der Waals surface area contributed by atoms with E-state index in [1.54, 1.807) is 7.11 Å². The summed E-state index contributed by atoms with van der Waals surface area (Å²) in [5.41, 5.74) is 3.31. The minimum atomic E-state index is -0.171. The van der Waals surface area contributed by atoms with Gasteiger partial charge in [0.25, 0.3) is 5.91 Å². The molecular weight excluding hydrogens is 344 g/mol. The normalized spacial score (nSPS) is 13.9. The van der Waals surface area contributed by atoms with E-state index in [2.05, 4.69) is 22.3 Å². The summed E-state index contributed by atoms with van der Waals surface area (Å²) in [5, 5.41) is 2.88. The fourth-order valence-electron chi connectivity index (χ4n) is 2.94. The second kappa shape index (κ2) is 9.28. The number of anilines is 1. The van der Waals surface area contributed by atoms with Crippen molar-refractivity contribution in [1.29, 1.82) is 0 Å². The van der Waals surface area contributed by atoms with Gasteiger partial charge in [0, 0.05) is 25.3 Å². The van der Waals surface area contributed by atoms with Gasteiger partial charge < -0.3 is 24.4 Å². The molecule has 1 saturated heterocycles. The molecule has 144 valence electrons. The molecule has 0 aromatic heterocycles. The molecule has 0 radical (unpaired) electrons. The molecule has 1 amide bonds. The molecule has 1 heterocycles. The van der Waals surface area contributed by atoms with Crippen molar-refractivity contribution in [3.63, 3.8) is 0 Å². The van der Waals surface area contributed by atoms with Crippen molar-refractivity contribution in [2.75, 3.05) is 44.9 Å². The first-order valence-electron chi connectivity index (χ1n) is 9.11. The van der Waals surface area contributed by atoms with Crippen LogP contribution in [0.2, 0.25) is 0 Å². The summed E-state index contributed by atoms with van der Waals surface area (Å²) in [4.78, 5) is 14.4. The number of ether oxygens (including phenoxy) is 3. The van der Waals surface area contributed by atoms with Crippen LogP contribution in [-0.4, -0.2) is 45.9 Å².